The van der Waals surface area contributed by atoms with E-state index in [0.29, 0.717) is 49.1 Å². The first-order chi connectivity index (χ1) is 18.1. The highest BCUT2D eigenvalue weighted by Gasteiger charge is 2.44. The van der Waals surface area contributed by atoms with Crippen LogP contribution in [0, 0.1) is 0 Å². The van der Waals surface area contributed by atoms with Crippen molar-refractivity contribution < 1.29 is 28.8 Å². The molecule has 2 N–H and O–H groups in total. The van der Waals surface area contributed by atoms with Gasteiger partial charge < -0.3 is 29.4 Å². The molecule has 8 nitrogen and oxygen atoms in total. The van der Waals surface area contributed by atoms with Gasteiger partial charge in [-0.25, -0.2) is 4.99 Å². The van der Waals surface area contributed by atoms with Gasteiger partial charge in [0, 0.05) is 31.6 Å². The molecule has 1 aliphatic heterocycles. The molecule has 0 spiro atoms. The predicted molar refractivity (Wildman–Crippen MR) is 140 cm³/mol. The lowest BCUT2D eigenvalue weighted by Crippen LogP contribution is -2.48. The predicted octanol–water partition coefficient (Wildman–Crippen LogP) is 3.54. The number of hydrogen-bond acceptors (Lipinski definition) is 7. The highest BCUT2D eigenvalue weighted by Crippen LogP contribution is 2.29. The first-order valence-electron chi connectivity index (χ1n) is 12.2. The van der Waals surface area contributed by atoms with Crippen molar-refractivity contribution in [2.75, 3.05) is 34.0 Å². The van der Waals surface area contributed by atoms with Crippen LogP contribution < -0.4 is 19.5 Å². The SMILES string of the molecule is COc1ccc(CNC(=O)[C@@]2(Cc3ccccc3)COC(c3ccc(OCCCO)cc3)=N2)cc1OC. The normalized spacial score (nSPS) is 16.5. The Bertz CT molecular complexity index is 1210. The van der Waals surface area contributed by atoms with Gasteiger partial charge in [0.1, 0.15) is 12.4 Å². The second kappa shape index (κ2) is 12.3. The molecule has 1 heterocycles. The maximum absolute atomic E-state index is 13.6. The van der Waals surface area contributed by atoms with E-state index in [1.54, 1.807) is 14.2 Å². The Hall–Kier alpha value is -4.04. The Labute approximate surface area is 216 Å². The Balaban J connectivity index is 1.54. The number of ether oxygens (including phenoxy) is 4. The number of carbonyl (C=O) groups is 1. The van der Waals surface area contributed by atoms with Crippen LogP contribution in [-0.2, 0) is 22.5 Å². The molecule has 0 aromatic heterocycles. The number of hydrogen-bond donors (Lipinski definition) is 2. The van der Waals surface area contributed by atoms with Gasteiger partial charge in [-0.1, -0.05) is 36.4 Å². The lowest BCUT2D eigenvalue weighted by Gasteiger charge is -2.23. The summed E-state index contributed by atoms with van der Waals surface area (Å²) in [6, 6.07) is 22.7. The third-order valence-electron chi connectivity index (χ3n) is 6.10. The van der Waals surface area contributed by atoms with Gasteiger partial charge in [-0.3, -0.25) is 4.79 Å². The van der Waals surface area contributed by atoms with Crippen molar-refractivity contribution in [2.45, 2.75) is 24.9 Å². The average Bonchev–Trinajstić information content (AvgIpc) is 3.37. The van der Waals surface area contributed by atoms with E-state index in [0.717, 1.165) is 16.7 Å². The van der Waals surface area contributed by atoms with E-state index < -0.39 is 5.54 Å². The van der Waals surface area contributed by atoms with E-state index in [9.17, 15) is 4.79 Å². The summed E-state index contributed by atoms with van der Waals surface area (Å²) in [5.41, 5.74) is 1.52. The smallest absolute Gasteiger partial charge is 0.252 e. The number of nitrogens with one attached hydrogen (secondary N) is 1. The number of benzene rings is 3. The highest BCUT2D eigenvalue weighted by atomic mass is 16.5. The van der Waals surface area contributed by atoms with Crippen LogP contribution in [0.3, 0.4) is 0 Å². The van der Waals surface area contributed by atoms with Crippen LogP contribution in [0.5, 0.6) is 17.2 Å². The second-order valence-electron chi connectivity index (χ2n) is 8.72. The van der Waals surface area contributed by atoms with E-state index in [1.807, 2.05) is 72.8 Å². The molecule has 1 amide bonds. The van der Waals surface area contributed by atoms with Crippen LogP contribution >= 0.6 is 0 Å². The van der Waals surface area contributed by atoms with E-state index in [1.165, 1.54) is 0 Å². The first kappa shape index (κ1) is 26.0. The zero-order valence-electron chi connectivity index (χ0n) is 21.1. The summed E-state index contributed by atoms with van der Waals surface area (Å²) in [5.74, 6) is 2.12. The zero-order chi connectivity index (χ0) is 26.1. The quantitative estimate of drug-likeness (QED) is 0.366. The minimum Gasteiger partial charge on any atom is -0.494 e. The van der Waals surface area contributed by atoms with Crippen LogP contribution in [0.15, 0.2) is 77.8 Å². The summed E-state index contributed by atoms with van der Waals surface area (Å²) in [6.45, 7) is 0.957. The molecular weight excluding hydrogens is 472 g/mol. The number of methoxy groups -OCH3 is 2. The monoisotopic (exact) mass is 504 g/mol. The number of rotatable bonds is 12. The summed E-state index contributed by atoms with van der Waals surface area (Å²) in [7, 11) is 3.16. The van der Waals surface area contributed by atoms with Crippen LogP contribution in [0.1, 0.15) is 23.1 Å². The van der Waals surface area contributed by atoms with Crippen molar-refractivity contribution >= 4 is 11.8 Å². The molecule has 194 valence electrons. The van der Waals surface area contributed by atoms with Crippen molar-refractivity contribution in [1.82, 2.24) is 5.32 Å². The molecule has 1 atom stereocenters. The maximum Gasteiger partial charge on any atom is 0.252 e. The summed E-state index contributed by atoms with van der Waals surface area (Å²) < 4.78 is 22.3. The third-order valence-corrected chi connectivity index (χ3v) is 6.10. The molecule has 1 aliphatic rings. The van der Waals surface area contributed by atoms with Gasteiger partial charge in [-0.05, 0) is 47.5 Å². The zero-order valence-corrected chi connectivity index (χ0v) is 21.1. The van der Waals surface area contributed by atoms with Crippen molar-refractivity contribution in [2.24, 2.45) is 4.99 Å². The lowest BCUT2D eigenvalue weighted by atomic mass is 9.91. The topological polar surface area (TPSA) is 98.6 Å². The van der Waals surface area contributed by atoms with Gasteiger partial charge in [0.15, 0.2) is 17.0 Å². The van der Waals surface area contributed by atoms with Gasteiger partial charge in [0.25, 0.3) is 5.91 Å². The number of carbonyl (C=O) groups excluding carboxylic acids is 1. The van der Waals surface area contributed by atoms with E-state index in [4.69, 9.17) is 29.0 Å². The fourth-order valence-corrected chi connectivity index (χ4v) is 4.10. The molecule has 3 aromatic carbocycles. The van der Waals surface area contributed by atoms with Crippen LogP contribution in [0.25, 0.3) is 0 Å². The van der Waals surface area contributed by atoms with E-state index in [-0.39, 0.29) is 19.1 Å². The average molecular weight is 505 g/mol. The Morgan fingerprint density at radius 1 is 1.00 bits per heavy atom. The highest BCUT2D eigenvalue weighted by molar-refractivity contribution is 6.00. The maximum atomic E-state index is 13.6. The summed E-state index contributed by atoms with van der Waals surface area (Å²) in [5, 5.41) is 12.0. The summed E-state index contributed by atoms with van der Waals surface area (Å²) >= 11 is 0. The lowest BCUT2D eigenvalue weighted by molar-refractivity contribution is -0.126. The summed E-state index contributed by atoms with van der Waals surface area (Å²) in [4.78, 5) is 18.4. The minimum atomic E-state index is -1.11. The molecule has 0 bridgehead atoms. The number of aliphatic hydroxyl groups is 1. The van der Waals surface area contributed by atoms with E-state index >= 15 is 0 Å². The first-order valence-corrected chi connectivity index (χ1v) is 12.2. The number of nitrogens with zero attached hydrogens (tertiary/aromatic N) is 1. The second-order valence-corrected chi connectivity index (χ2v) is 8.72. The molecule has 0 aliphatic carbocycles. The van der Waals surface area contributed by atoms with Gasteiger partial charge in [-0.2, -0.15) is 0 Å². The number of aliphatic hydroxyl groups excluding tert-OH is 1. The molecule has 4 rings (SSSR count). The van der Waals surface area contributed by atoms with Gasteiger partial charge in [0.05, 0.1) is 20.8 Å². The van der Waals surface area contributed by atoms with Gasteiger partial charge in [-0.15, -0.1) is 0 Å². The molecular formula is C29H32N2O6. The Morgan fingerprint density at radius 3 is 2.46 bits per heavy atom. The molecule has 0 fully saturated rings. The van der Waals surface area contributed by atoms with E-state index in [2.05, 4.69) is 5.32 Å². The van der Waals surface area contributed by atoms with Crippen LogP contribution in [0.4, 0.5) is 0 Å². The number of aliphatic imine (C=N–C) groups is 1. The molecule has 0 saturated carbocycles. The molecule has 37 heavy (non-hydrogen) atoms. The largest absolute Gasteiger partial charge is 0.494 e. The van der Waals surface area contributed by atoms with Crippen molar-refractivity contribution in [1.29, 1.82) is 0 Å². The van der Waals surface area contributed by atoms with Gasteiger partial charge in [0.2, 0.25) is 5.90 Å². The Kier molecular flexibility index (Phi) is 8.64. The molecule has 3 aromatic rings. The number of amides is 1. The van der Waals surface area contributed by atoms with Crippen molar-refractivity contribution in [3.05, 3.63) is 89.5 Å². The molecule has 0 saturated heterocycles. The standard InChI is InChI=1S/C29H32N2O6/c1-34-25-14-9-22(17-26(25)35-2)19-30-28(33)29(18-21-7-4-3-5-8-21)20-37-27(31-29)23-10-12-24(13-11-23)36-16-6-15-32/h3-5,7-14,17,32H,6,15-16,18-20H2,1-2H3,(H,30,33)/t29-/m1/s1. The molecule has 0 unspecified atom stereocenters. The minimum absolute atomic E-state index is 0.0836. The molecule has 0 radical (unpaired) electrons. The van der Waals surface area contributed by atoms with Crippen molar-refractivity contribution in [3.8, 4) is 17.2 Å². The fraction of sp³-hybridized carbons (Fsp3) is 0.310. The summed E-state index contributed by atoms with van der Waals surface area (Å²) in [6.07, 6.45) is 0.968. The van der Waals surface area contributed by atoms with Gasteiger partial charge >= 0.3 is 0 Å². The molecule has 8 heteroatoms. The van der Waals surface area contributed by atoms with Crippen LogP contribution in [0.2, 0.25) is 0 Å². The third kappa shape index (κ3) is 6.40. The fourth-order valence-electron chi connectivity index (χ4n) is 4.10. The van der Waals surface area contributed by atoms with Crippen molar-refractivity contribution in [3.63, 3.8) is 0 Å². The van der Waals surface area contributed by atoms with Crippen LogP contribution in [-0.4, -0.2) is 56.5 Å². The Morgan fingerprint density at radius 2 is 1.76 bits per heavy atom.